The normalized spacial score (nSPS) is 25.5. The highest BCUT2D eigenvalue weighted by Gasteiger charge is 2.33. The van der Waals surface area contributed by atoms with Crippen LogP contribution in [-0.4, -0.2) is 26.1 Å². The van der Waals surface area contributed by atoms with Crippen LogP contribution in [0, 0.1) is 0 Å². The Labute approximate surface area is 99.8 Å². The van der Waals surface area contributed by atoms with Crippen molar-refractivity contribution < 1.29 is 9.63 Å². The average Bonchev–Trinajstić information content (AvgIpc) is 2.56. The predicted octanol–water partition coefficient (Wildman–Crippen LogP) is 2.34. The van der Waals surface area contributed by atoms with Crippen molar-refractivity contribution in [1.82, 2.24) is 10.1 Å². The van der Waals surface area contributed by atoms with Gasteiger partial charge in [0.15, 0.2) is 5.82 Å². The summed E-state index contributed by atoms with van der Waals surface area (Å²) >= 11 is 1.80. The number of hydrogen-bond donors (Lipinski definition) is 1. The molecule has 0 bridgehead atoms. The second-order valence-corrected chi connectivity index (χ2v) is 7.07. The maximum atomic E-state index is 9.20. The average molecular weight is 242 g/mol. The summed E-state index contributed by atoms with van der Waals surface area (Å²) in [4.78, 5) is 4.36. The molecule has 0 radical (unpaired) electrons. The standard InChI is InChI=1S/C11H18N2O2S/c1-11(2,3)16-6-9-12-10(15-13-9)7-4-8(14)5-7/h7-8,14H,4-6H2,1-3H3. The van der Waals surface area contributed by atoms with E-state index in [0.717, 1.165) is 24.4 Å². The van der Waals surface area contributed by atoms with Crippen LogP contribution in [0.4, 0.5) is 0 Å². The second-order valence-electron chi connectivity index (χ2n) is 5.27. The van der Waals surface area contributed by atoms with Crippen LogP contribution < -0.4 is 0 Å². The van der Waals surface area contributed by atoms with Gasteiger partial charge >= 0.3 is 0 Å². The monoisotopic (exact) mass is 242 g/mol. The Hall–Kier alpha value is -0.550. The van der Waals surface area contributed by atoms with Crippen LogP contribution in [0.25, 0.3) is 0 Å². The van der Waals surface area contributed by atoms with Crippen LogP contribution in [0.15, 0.2) is 4.52 Å². The van der Waals surface area contributed by atoms with Gasteiger partial charge in [0.05, 0.1) is 11.9 Å². The Morgan fingerprint density at radius 3 is 2.69 bits per heavy atom. The van der Waals surface area contributed by atoms with Gasteiger partial charge in [-0.05, 0) is 12.8 Å². The van der Waals surface area contributed by atoms with Gasteiger partial charge in [0.2, 0.25) is 5.89 Å². The minimum absolute atomic E-state index is 0.177. The van der Waals surface area contributed by atoms with Crippen LogP contribution in [0.1, 0.15) is 51.2 Å². The van der Waals surface area contributed by atoms with E-state index in [-0.39, 0.29) is 16.8 Å². The predicted molar refractivity (Wildman–Crippen MR) is 63.3 cm³/mol. The maximum absolute atomic E-state index is 9.20. The lowest BCUT2D eigenvalue weighted by Gasteiger charge is -2.27. The zero-order valence-electron chi connectivity index (χ0n) is 9.93. The molecule has 0 aromatic carbocycles. The van der Waals surface area contributed by atoms with Gasteiger partial charge in [-0.3, -0.25) is 0 Å². The molecule has 1 heterocycles. The molecule has 1 saturated carbocycles. The molecule has 1 N–H and O–H groups in total. The van der Waals surface area contributed by atoms with Gasteiger partial charge in [-0.25, -0.2) is 0 Å². The molecule has 5 heteroatoms. The van der Waals surface area contributed by atoms with Crippen molar-refractivity contribution in [2.45, 2.75) is 56.1 Å². The third-order valence-electron chi connectivity index (χ3n) is 2.58. The fraction of sp³-hybridized carbons (Fsp3) is 0.818. The van der Waals surface area contributed by atoms with Crippen LogP contribution in [0.3, 0.4) is 0 Å². The molecule has 1 aromatic heterocycles. The molecule has 1 aromatic rings. The summed E-state index contributed by atoms with van der Waals surface area (Å²) in [5.41, 5.74) is 0. The van der Waals surface area contributed by atoms with Crippen molar-refractivity contribution in [3.8, 4) is 0 Å². The minimum atomic E-state index is -0.177. The molecule has 0 spiro atoms. The molecule has 0 atom stereocenters. The van der Waals surface area contributed by atoms with Crippen molar-refractivity contribution in [1.29, 1.82) is 0 Å². The van der Waals surface area contributed by atoms with Crippen LogP contribution in [-0.2, 0) is 5.75 Å². The Morgan fingerprint density at radius 1 is 1.44 bits per heavy atom. The van der Waals surface area contributed by atoms with Crippen molar-refractivity contribution >= 4 is 11.8 Å². The first-order chi connectivity index (χ1) is 7.44. The third kappa shape index (κ3) is 2.98. The summed E-state index contributed by atoms with van der Waals surface area (Å²) in [6.45, 7) is 6.50. The van der Waals surface area contributed by atoms with Gasteiger partial charge in [0.1, 0.15) is 0 Å². The molecule has 0 unspecified atom stereocenters. The number of aliphatic hydroxyl groups excluding tert-OH is 1. The molecule has 16 heavy (non-hydrogen) atoms. The molecule has 1 aliphatic carbocycles. The lowest BCUT2D eigenvalue weighted by molar-refractivity contribution is 0.0625. The second kappa shape index (κ2) is 4.37. The molecule has 1 aliphatic rings. The molecular formula is C11H18N2O2S. The third-order valence-corrected chi connectivity index (χ3v) is 3.85. The number of rotatable bonds is 3. The van der Waals surface area contributed by atoms with Gasteiger partial charge in [0, 0.05) is 10.7 Å². The SMILES string of the molecule is CC(C)(C)SCc1noc(C2CC(O)C2)n1. The quantitative estimate of drug-likeness (QED) is 0.881. The van der Waals surface area contributed by atoms with E-state index in [1.54, 1.807) is 11.8 Å². The number of thioether (sulfide) groups is 1. The lowest BCUT2D eigenvalue weighted by atomic mass is 9.82. The zero-order chi connectivity index (χ0) is 11.8. The Balaban J connectivity index is 1.88. The molecule has 0 saturated heterocycles. The first-order valence-electron chi connectivity index (χ1n) is 5.58. The van der Waals surface area contributed by atoms with E-state index in [9.17, 15) is 5.11 Å². The topological polar surface area (TPSA) is 59.2 Å². The van der Waals surface area contributed by atoms with Crippen LogP contribution >= 0.6 is 11.8 Å². The summed E-state index contributed by atoms with van der Waals surface area (Å²) in [7, 11) is 0. The molecule has 2 rings (SSSR count). The van der Waals surface area contributed by atoms with Gasteiger partial charge in [-0.2, -0.15) is 4.98 Å². The first-order valence-corrected chi connectivity index (χ1v) is 6.57. The van der Waals surface area contributed by atoms with E-state index < -0.39 is 0 Å². The summed E-state index contributed by atoms with van der Waals surface area (Å²) < 4.78 is 5.41. The van der Waals surface area contributed by atoms with Crippen LogP contribution in [0.2, 0.25) is 0 Å². The van der Waals surface area contributed by atoms with Crippen molar-refractivity contribution in [2.75, 3.05) is 0 Å². The molecule has 90 valence electrons. The van der Waals surface area contributed by atoms with Crippen molar-refractivity contribution in [3.63, 3.8) is 0 Å². The van der Waals surface area contributed by atoms with Gasteiger partial charge in [0.25, 0.3) is 0 Å². The number of hydrogen-bond acceptors (Lipinski definition) is 5. The molecular weight excluding hydrogens is 224 g/mol. The van der Waals surface area contributed by atoms with Gasteiger partial charge < -0.3 is 9.63 Å². The summed E-state index contributed by atoms with van der Waals surface area (Å²) in [5.74, 6) is 2.50. The van der Waals surface area contributed by atoms with Gasteiger partial charge in [-0.15, -0.1) is 11.8 Å². The Kier molecular flexibility index (Phi) is 3.26. The molecule has 0 amide bonds. The van der Waals surface area contributed by atoms with Crippen LogP contribution in [0.5, 0.6) is 0 Å². The van der Waals surface area contributed by atoms with E-state index in [1.807, 2.05) is 0 Å². The highest BCUT2D eigenvalue weighted by atomic mass is 32.2. The molecule has 1 fully saturated rings. The zero-order valence-corrected chi connectivity index (χ0v) is 10.8. The Morgan fingerprint density at radius 2 is 2.12 bits per heavy atom. The number of aliphatic hydroxyl groups is 1. The summed E-state index contributed by atoms with van der Waals surface area (Å²) in [6, 6.07) is 0. The number of aromatic nitrogens is 2. The Bertz CT molecular complexity index is 353. The first kappa shape index (κ1) is 11.9. The lowest BCUT2D eigenvalue weighted by Crippen LogP contribution is -2.26. The van der Waals surface area contributed by atoms with Crippen molar-refractivity contribution in [3.05, 3.63) is 11.7 Å². The summed E-state index contributed by atoms with van der Waals surface area (Å²) in [6.07, 6.45) is 1.34. The van der Waals surface area contributed by atoms with E-state index in [0.29, 0.717) is 5.89 Å². The number of nitrogens with zero attached hydrogens (tertiary/aromatic N) is 2. The molecule has 4 nitrogen and oxygen atoms in total. The van der Waals surface area contributed by atoms with E-state index in [1.165, 1.54) is 0 Å². The molecule has 0 aliphatic heterocycles. The van der Waals surface area contributed by atoms with E-state index in [4.69, 9.17) is 4.52 Å². The summed E-state index contributed by atoms with van der Waals surface area (Å²) in [5, 5.41) is 13.2. The minimum Gasteiger partial charge on any atom is -0.393 e. The maximum Gasteiger partial charge on any atom is 0.229 e. The highest BCUT2D eigenvalue weighted by molar-refractivity contribution is 7.99. The van der Waals surface area contributed by atoms with E-state index >= 15 is 0 Å². The fourth-order valence-corrected chi connectivity index (χ4v) is 2.24. The fourth-order valence-electron chi connectivity index (χ4n) is 1.56. The van der Waals surface area contributed by atoms with E-state index in [2.05, 4.69) is 30.9 Å². The highest BCUT2D eigenvalue weighted by Crippen LogP contribution is 2.36. The largest absolute Gasteiger partial charge is 0.393 e. The smallest absolute Gasteiger partial charge is 0.229 e. The van der Waals surface area contributed by atoms with Gasteiger partial charge in [-0.1, -0.05) is 25.9 Å². The van der Waals surface area contributed by atoms with Crippen molar-refractivity contribution in [2.24, 2.45) is 0 Å².